The van der Waals surface area contributed by atoms with E-state index in [2.05, 4.69) is 20.6 Å². The minimum atomic E-state index is -2.60. The summed E-state index contributed by atoms with van der Waals surface area (Å²) in [6.45, 7) is 1.88. The van der Waals surface area contributed by atoms with Crippen LogP contribution in [0.15, 0.2) is 41.1 Å². The molecule has 152 valence electrons. The fourth-order valence-electron chi connectivity index (χ4n) is 3.52. The molecule has 1 aromatic carbocycles. The smallest absolute Gasteiger partial charge is 0.255 e. The maximum absolute atomic E-state index is 13.3. The number of hydrogen-bond donors (Lipinski definition) is 1. The van der Waals surface area contributed by atoms with E-state index in [0.29, 0.717) is 29.9 Å². The molecule has 9 heteroatoms. The second-order valence-electron chi connectivity index (χ2n) is 7.25. The van der Waals surface area contributed by atoms with Gasteiger partial charge in [0.1, 0.15) is 0 Å². The second-order valence-corrected chi connectivity index (χ2v) is 7.25. The van der Waals surface area contributed by atoms with Crippen LogP contribution in [0.2, 0.25) is 0 Å². The SMILES string of the molecule is Cc1c(C(=O)NCc2nc(C3CCC(F)(F)CC3)no2)cnn1-c1ccccc1. The number of halogens is 2. The van der Waals surface area contributed by atoms with Crippen LogP contribution in [0.4, 0.5) is 8.78 Å². The number of benzene rings is 1. The number of nitrogens with one attached hydrogen (secondary N) is 1. The molecule has 0 saturated heterocycles. The third kappa shape index (κ3) is 4.18. The molecule has 2 aromatic heterocycles. The van der Waals surface area contributed by atoms with Crippen LogP contribution < -0.4 is 5.32 Å². The minimum absolute atomic E-state index is 0.0602. The Hall–Kier alpha value is -3.10. The molecule has 0 aliphatic heterocycles. The predicted molar refractivity (Wildman–Crippen MR) is 99.9 cm³/mol. The Labute approximate surface area is 166 Å². The van der Waals surface area contributed by atoms with Gasteiger partial charge in [-0.15, -0.1) is 0 Å². The fraction of sp³-hybridized carbons (Fsp3) is 0.400. The molecule has 1 saturated carbocycles. The van der Waals surface area contributed by atoms with E-state index in [-0.39, 0.29) is 37.1 Å². The van der Waals surface area contributed by atoms with E-state index in [1.54, 1.807) is 4.68 Å². The summed E-state index contributed by atoms with van der Waals surface area (Å²) in [6.07, 6.45) is 1.84. The van der Waals surface area contributed by atoms with Crippen LogP contribution in [-0.2, 0) is 6.54 Å². The largest absolute Gasteiger partial charge is 0.343 e. The lowest BCUT2D eigenvalue weighted by Crippen LogP contribution is -2.24. The number of alkyl halides is 2. The van der Waals surface area contributed by atoms with E-state index in [4.69, 9.17) is 4.52 Å². The molecule has 0 atom stereocenters. The molecule has 1 N–H and O–H groups in total. The van der Waals surface area contributed by atoms with Crippen molar-refractivity contribution in [3.63, 3.8) is 0 Å². The number of hydrogen-bond acceptors (Lipinski definition) is 5. The molecule has 1 fully saturated rings. The van der Waals surface area contributed by atoms with Gasteiger partial charge in [0.2, 0.25) is 11.8 Å². The van der Waals surface area contributed by atoms with Gasteiger partial charge >= 0.3 is 0 Å². The quantitative estimate of drug-likeness (QED) is 0.703. The molecule has 29 heavy (non-hydrogen) atoms. The highest BCUT2D eigenvalue weighted by molar-refractivity contribution is 5.95. The molecule has 4 rings (SSSR count). The summed E-state index contributed by atoms with van der Waals surface area (Å²) in [5.74, 6) is -2.36. The number of aromatic nitrogens is 4. The summed E-state index contributed by atoms with van der Waals surface area (Å²) in [7, 11) is 0. The Morgan fingerprint density at radius 2 is 2.00 bits per heavy atom. The molecule has 3 aromatic rings. The Morgan fingerprint density at radius 3 is 2.72 bits per heavy atom. The van der Waals surface area contributed by atoms with Crippen LogP contribution in [0.25, 0.3) is 5.69 Å². The lowest BCUT2D eigenvalue weighted by molar-refractivity contribution is -0.0389. The summed E-state index contributed by atoms with van der Waals surface area (Å²) in [5.41, 5.74) is 2.02. The van der Waals surface area contributed by atoms with Crippen LogP contribution in [0.1, 0.15) is 59.4 Å². The third-order valence-electron chi connectivity index (χ3n) is 5.22. The number of carbonyl (C=O) groups excluding carboxylic acids is 1. The first-order valence-electron chi connectivity index (χ1n) is 9.51. The van der Waals surface area contributed by atoms with Crippen molar-refractivity contribution in [2.45, 2.75) is 51.0 Å². The summed E-state index contributed by atoms with van der Waals surface area (Å²) < 4.78 is 33.5. The summed E-state index contributed by atoms with van der Waals surface area (Å²) in [5, 5.41) is 10.9. The zero-order valence-electron chi connectivity index (χ0n) is 15.9. The van der Waals surface area contributed by atoms with E-state index < -0.39 is 5.92 Å². The molecule has 7 nitrogen and oxygen atoms in total. The van der Waals surface area contributed by atoms with Crippen LogP contribution in [-0.4, -0.2) is 31.8 Å². The lowest BCUT2D eigenvalue weighted by atomic mass is 9.86. The Morgan fingerprint density at radius 1 is 1.28 bits per heavy atom. The highest BCUT2D eigenvalue weighted by atomic mass is 19.3. The number of carbonyl (C=O) groups is 1. The Kier molecular flexibility index (Phi) is 5.12. The van der Waals surface area contributed by atoms with Gasteiger partial charge < -0.3 is 9.84 Å². The first-order valence-corrected chi connectivity index (χ1v) is 9.51. The van der Waals surface area contributed by atoms with E-state index in [1.807, 2.05) is 37.3 Å². The molecule has 0 unspecified atom stereocenters. The molecule has 1 amide bonds. The molecular weight excluding hydrogens is 380 g/mol. The number of para-hydroxylation sites is 1. The standard InChI is InChI=1S/C20H21F2N5O2/c1-13-16(11-24-27(13)15-5-3-2-4-6-15)19(28)23-12-17-25-18(26-29-17)14-7-9-20(21,22)10-8-14/h2-6,11,14H,7-10,12H2,1H3,(H,23,28). The maximum atomic E-state index is 13.3. The molecule has 1 aliphatic carbocycles. The van der Waals surface area contributed by atoms with Gasteiger partial charge in [0.15, 0.2) is 5.82 Å². The lowest BCUT2D eigenvalue weighted by Gasteiger charge is -2.26. The highest BCUT2D eigenvalue weighted by Crippen LogP contribution is 2.39. The van der Waals surface area contributed by atoms with Crippen LogP contribution in [0.3, 0.4) is 0 Å². The van der Waals surface area contributed by atoms with Crippen molar-refractivity contribution in [3.05, 3.63) is 59.5 Å². The Balaban J connectivity index is 1.37. The van der Waals surface area contributed by atoms with Crippen molar-refractivity contribution in [2.24, 2.45) is 0 Å². The van der Waals surface area contributed by atoms with E-state index in [9.17, 15) is 13.6 Å². The topological polar surface area (TPSA) is 85.8 Å². The number of nitrogens with zero attached hydrogens (tertiary/aromatic N) is 4. The van der Waals surface area contributed by atoms with Gasteiger partial charge in [-0.3, -0.25) is 4.79 Å². The van der Waals surface area contributed by atoms with Gasteiger partial charge in [0.05, 0.1) is 29.7 Å². The number of amides is 1. The molecule has 0 radical (unpaired) electrons. The second kappa shape index (κ2) is 7.73. The Bertz CT molecular complexity index is 989. The van der Waals surface area contributed by atoms with Gasteiger partial charge in [-0.05, 0) is 31.9 Å². The summed E-state index contributed by atoms with van der Waals surface area (Å²) in [6, 6.07) is 9.52. The number of rotatable bonds is 5. The van der Waals surface area contributed by atoms with Crippen molar-refractivity contribution in [3.8, 4) is 5.69 Å². The first kappa shape index (κ1) is 19.2. The van der Waals surface area contributed by atoms with E-state index in [0.717, 1.165) is 5.69 Å². The average molecular weight is 401 g/mol. The van der Waals surface area contributed by atoms with Gasteiger partial charge in [-0.25, -0.2) is 13.5 Å². The van der Waals surface area contributed by atoms with Gasteiger partial charge in [-0.1, -0.05) is 23.4 Å². The third-order valence-corrected chi connectivity index (χ3v) is 5.22. The van der Waals surface area contributed by atoms with Crippen LogP contribution in [0, 0.1) is 6.92 Å². The summed E-state index contributed by atoms with van der Waals surface area (Å²) >= 11 is 0. The van der Waals surface area contributed by atoms with Gasteiger partial charge in [-0.2, -0.15) is 10.1 Å². The monoisotopic (exact) mass is 401 g/mol. The molecule has 1 aliphatic rings. The molecule has 2 heterocycles. The highest BCUT2D eigenvalue weighted by Gasteiger charge is 2.37. The minimum Gasteiger partial charge on any atom is -0.343 e. The molecular formula is C20H21F2N5O2. The van der Waals surface area contributed by atoms with Crippen molar-refractivity contribution >= 4 is 5.91 Å². The predicted octanol–water partition coefficient (Wildman–Crippen LogP) is 3.79. The van der Waals surface area contributed by atoms with Crippen molar-refractivity contribution in [1.29, 1.82) is 0 Å². The van der Waals surface area contributed by atoms with E-state index in [1.165, 1.54) is 6.20 Å². The fourth-order valence-corrected chi connectivity index (χ4v) is 3.52. The maximum Gasteiger partial charge on any atom is 0.255 e. The zero-order chi connectivity index (χ0) is 20.4. The molecule has 0 spiro atoms. The van der Waals surface area contributed by atoms with Crippen LogP contribution in [0.5, 0.6) is 0 Å². The summed E-state index contributed by atoms with van der Waals surface area (Å²) in [4.78, 5) is 16.8. The van der Waals surface area contributed by atoms with Crippen molar-refractivity contribution < 1.29 is 18.1 Å². The van der Waals surface area contributed by atoms with E-state index >= 15 is 0 Å². The first-order chi connectivity index (χ1) is 13.9. The average Bonchev–Trinajstić information content (AvgIpc) is 3.34. The van der Waals surface area contributed by atoms with Crippen molar-refractivity contribution in [2.75, 3.05) is 0 Å². The normalized spacial score (nSPS) is 16.7. The van der Waals surface area contributed by atoms with Gasteiger partial charge in [0.25, 0.3) is 5.91 Å². The van der Waals surface area contributed by atoms with Crippen LogP contribution >= 0.6 is 0 Å². The zero-order valence-corrected chi connectivity index (χ0v) is 15.9. The van der Waals surface area contributed by atoms with Crippen molar-refractivity contribution in [1.82, 2.24) is 25.2 Å². The van der Waals surface area contributed by atoms with Gasteiger partial charge in [0, 0.05) is 18.8 Å². The molecule has 0 bridgehead atoms.